The molecule has 1 aliphatic rings. The second-order valence-corrected chi connectivity index (χ2v) is 6.91. The minimum atomic E-state index is -0.288. The van der Waals surface area contributed by atoms with Crippen LogP contribution in [0.4, 0.5) is 0 Å². The summed E-state index contributed by atoms with van der Waals surface area (Å²) >= 11 is 0. The number of hydrogen-bond donors (Lipinski definition) is 1. The molecule has 0 unspecified atom stereocenters. The largest absolute Gasteiger partial charge is 0.474 e. The van der Waals surface area contributed by atoms with Gasteiger partial charge in [-0.3, -0.25) is 4.79 Å². The first kappa shape index (κ1) is 17.5. The van der Waals surface area contributed by atoms with Gasteiger partial charge in [-0.2, -0.15) is 0 Å². The summed E-state index contributed by atoms with van der Waals surface area (Å²) in [6, 6.07) is 3.53. The standard InChI is InChI=1S/C19H26N4O2/c1-14-3-5-17(6-4-14)25-18-11-16(7-8-21-18)12-22-19(24)15(2)23-10-9-20-13-23/h7-11,13-15,17H,3-6,12H2,1-2H3,(H,22,24)/t14?,15-,17?/m0/s1. The molecule has 1 atom stereocenters. The number of aromatic nitrogens is 3. The summed E-state index contributed by atoms with van der Waals surface area (Å²) in [6.45, 7) is 4.60. The predicted molar refractivity (Wildman–Crippen MR) is 95.1 cm³/mol. The van der Waals surface area contributed by atoms with E-state index >= 15 is 0 Å². The number of nitrogens with zero attached hydrogens (tertiary/aromatic N) is 3. The van der Waals surface area contributed by atoms with Gasteiger partial charge in [0, 0.05) is 31.2 Å². The molecule has 2 aromatic rings. The first-order valence-electron chi connectivity index (χ1n) is 8.98. The number of nitrogens with one attached hydrogen (secondary N) is 1. The van der Waals surface area contributed by atoms with Gasteiger partial charge < -0.3 is 14.6 Å². The van der Waals surface area contributed by atoms with Crippen molar-refractivity contribution in [2.75, 3.05) is 0 Å². The Morgan fingerprint density at radius 1 is 1.36 bits per heavy atom. The van der Waals surface area contributed by atoms with E-state index in [9.17, 15) is 4.79 Å². The molecule has 25 heavy (non-hydrogen) atoms. The summed E-state index contributed by atoms with van der Waals surface area (Å²) in [7, 11) is 0. The lowest BCUT2D eigenvalue weighted by atomic mass is 9.89. The average Bonchev–Trinajstić information content (AvgIpc) is 3.16. The van der Waals surface area contributed by atoms with Crippen molar-refractivity contribution in [2.45, 2.75) is 58.2 Å². The van der Waals surface area contributed by atoms with Crippen molar-refractivity contribution in [3.05, 3.63) is 42.6 Å². The van der Waals surface area contributed by atoms with E-state index in [1.807, 2.05) is 19.1 Å². The number of hydrogen-bond acceptors (Lipinski definition) is 4. The van der Waals surface area contributed by atoms with Crippen LogP contribution in [0, 0.1) is 5.92 Å². The van der Waals surface area contributed by atoms with Crippen LogP contribution >= 0.6 is 0 Å². The van der Waals surface area contributed by atoms with Gasteiger partial charge in [0.25, 0.3) is 0 Å². The van der Waals surface area contributed by atoms with Crippen LogP contribution in [0.2, 0.25) is 0 Å². The molecule has 1 amide bonds. The zero-order valence-corrected chi connectivity index (χ0v) is 14.9. The summed E-state index contributed by atoms with van der Waals surface area (Å²) in [6.07, 6.45) is 11.7. The van der Waals surface area contributed by atoms with Crippen LogP contribution in [0.3, 0.4) is 0 Å². The number of carbonyl (C=O) groups excluding carboxylic acids is 1. The molecule has 1 saturated carbocycles. The highest BCUT2D eigenvalue weighted by atomic mass is 16.5. The normalized spacial score (nSPS) is 21.5. The Morgan fingerprint density at radius 3 is 2.88 bits per heavy atom. The maximum absolute atomic E-state index is 12.2. The Labute approximate surface area is 148 Å². The van der Waals surface area contributed by atoms with E-state index in [1.54, 1.807) is 29.5 Å². The Hall–Kier alpha value is -2.37. The number of ether oxygens (including phenoxy) is 1. The SMILES string of the molecule is CC1CCC(Oc2cc(CNC(=O)[C@H](C)n3ccnc3)ccn2)CC1. The summed E-state index contributed by atoms with van der Waals surface area (Å²) < 4.78 is 7.80. The van der Waals surface area contributed by atoms with Gasteiger partial charge in [-0.25, -0.2) is 9.97 Å². The van der Waals surface area contributed by atoms with E-state index in [1.165, 1.54) is 12.8 Å². The minimum Gasteiger partial charge on any atom is -0.474 e. The molecule has 0 radical (unpaired) electrons. The fraction of sp³-hybridized carbons (Fsp3) is 0.526. The molecular formula is C19H26N4O2. The summed E-state index contributed by atoms with van der Waals surface area (Å²) in [4.78, 5) is 20.5. The molecule has 134 valence electrons. The fourth-order valence-electron chi connectivity index (χ4n) is 3.11. The van der Waals surface area contributed by atoms with Gasteiger partial charge in [0.15, 0.2) is 0 Å². The minimum absolute atomic E-state index is 0.0430. The van der Waals surface area contributed by atoms with E-state index < -0.39 is 0 Å². The van der Waals surface area contributed by atoms with Crippen molar-refractivity contribution in [1.82, 2.24) is 19.9 Å². The first-order valence-corrected chi connectivity index (χ1v) is 8.98. The summed E-state index contributed by atoms with van der Waals surface area (Å²) in [5.74, 6) is 1.40. The molecule has 2 heterocycles. The van der Waals surface area contributed by atoms with Crippen LogP contribution in [0.5, 0.6) is 5.88 Å². The Kier molecular flexibility index (Phi) is 5.68. The lowest BCUT2D eigenvalue weighted by Gasteiger charge is -2.26. The molecular weight excluding hydrogens is 316 g/mol. The van der Waals surface area contributed by atoms with Crippen LogP contribution in [-0.4, -0.2) is 26.5 Å². The molecule has 0 aromatic carbocycles. The van der Waals surface area contributed by atoms with Gasteiger partial charge in [-0.15, -0.1) is 0 Å². The highest BCUT2D eigenvalue weighted by Gasteiger charge is 2.20. The van der Waals surface area contributed by atoms with E-state index in [0.717, 1.165) is 24.3 Å². The Morgan fingerprint density at radius 2 is 2.16 bits per heavy atom. The van der Waals surface area contributed by atoms with Crippen LogP contribution in [0.15, 0.2) is 37.1 Å². The van der Waals surface area contributed by atoms with Gasteiger partial charge in [-0.05, 0) is 50.2 Å². The quantitative estimate of drug-likeness (QED) is 0.876. The first-order chi connectivity index (χ1) is 12.1. The van der Waals surface area contributed by atoms with Gasteiger partial charge in [0.2, 0.25) is 11.8 Å². The topological polar surface area (TPSA) is 69.0 Å². The van der Waals surface area contributed by atoms with Gasteiger partial charge in [-0.1, -0.05) is 6.92 Å². The fourth-order valence-corrected chi connectivity index (χ4v) is 3.11. The van der Waals surface area contributed by atoms with Crippen LogP contribution < -0.4 is 10.1 Å². The van der Waals surface area contributed by atoms with Crippen LogP contribution in [0.25, 0.3) is 0 Å². The van der Waals surface area contributed by atoms with E-state index in [0.29, 0.717) is 12.4 Å². The number of amides is 1. The van der Waals surface area contributed by atoms with Gasteiger partial charge in [0.1, 0.15) is 12.1 Å². The van der Waals surface area contributed by atoms with Crippen molar-refractivity contribution >= 4 is 5.91 Å². The summed E-state index contributed by atoms with van der Waals surface area (Å²) in [5.41, 5.74) is 0.986. The van der Waals surface area contributed by atoms with Crippen molar-refractivity contribution < 1.29 is 9.53 Å². The maximum Gasteiger partial charge on any atom is 0.243 e. The van der Waals surface area contributed by atoms with E-state index in [-0.39, 0.29) is 18.1 Å². The van der Waals surface area contributed by atoms with Crippen molar-refractivity contribution in [1.29, 1.82) is 0 Å². The maximum atomic E-state index is 12.2. The Bertz CT molecular complexity index is 678. The highest BCUT2D eigenvalue weighted by Crippen LogP contribution is 2.26. The molecule has 0 spiro atoms. The van der Waals surface area contributed by atoms with Crippen LogP contribution in [0.1, 0.15) is 51.1 Å². The number of imidazole rings is 1. The second kappa shape index (κ2) is 8.14. The number of rotatable bonds is 6. The molecule has 1 N–H and O–H groups in total. The molecule has 1 aliphatic carbocycles. The molecule has 6 heteroatoms. The molecule has 0 aliphatic heterocycles. The molecule has 0 saturated heterocycles. The van der Waals surface area contributed by atoms with Crippen molar-refractivity contribution in [3.8, 4) is 5.88 Å². The zero-order chi connectivity index (χ0) is 17.6. The molecule has 6 nitrogen and oxygen atoms in total. The third kappa shape index (κ3) is 4.81. The highest BCUT2D eigenvalue weighted by molar-refractivity contribution is 5.79. The zero-order valence-electron chi connectivity index (χ0n) is 14.9. The number of carbonyl (C=O) groups is 1. The van der Waals surface area contributed by atoms with Crippen molar-refractivity contribution in [2.24, 2.45) is 5.92 Å². The van der Waals surface area contributed by atoms with E-state index in [4.69, 9.17) is 4.74 Å². The lowest BCUT2D eigenvalue weighted by molar-refractivity contribution is -0.124. The molecule has 3 rings (SSSR count). The molecule has 2 aromatic heterocycles. The molecule has 0 bridgehead atoms. The number of pyridine rings is 1. The third-order valence-corrected chi connectivity index (χ3v) is 4.87. The third-order valence-electron chi connectivity index (χ3n) is 4.87. The van der Waals surface area contributed by atoms with Crippen molar-refractivity contribution in [3.63, 3.8) is 0 Å². The van der Waals surface area contributed by atoms with Crippen LogP contribution in [-0.2, 0) is 11.3 Å². The lowest BCUT2D eigenvalue weighted by Crippen LogP contribution is -2.30. The molecule has 1 fully saturated rings. The predicted octanol–water partition coefficient (Wildman–Crippen LogP) is 3.11. The summed E-state index contributed by atoms with van der Waals surface area (Å²) in [5, 5.41) is 2.95. The van der Waals surface area contributed by atoms with E-state index in [2.05, 4.69) is 22.2 Å². The Balaban J connectivity index is 1.52. The average molecular weight is 342 g/mol. The smallest absolute Gasteiger partial charge is 0.243 e. The van der Waals surface area contributed by atoms with Gasteiger partial charge >= 0.3 is 0 Å². The monoisotopic (exact) mass is 342 g/mol. The van der Waals surface area contributed by atoms with Gasteiger partial charge in [0.05, 0.1) is 6.33 Å². The second-order valence-electron chi connectivity index (χ2n) is 6.91.